The Bertz CT molecular complexity index is 1320. The number of benzene rings is 1. The normalized spacial score (nSPS) is 26.0. The Morgan fingerprint density at radius 1 is 1.27 bits per heavy atom. The second-order valence-electron chi connectivity index (χ2n) is 9.84. The number of hydrogen-bond acceptors (Lipinski definition) is 9. The maximum absolute atomic E-state index is 13.5. The number of phenols is 1. The van der Waals surface area contributed by atoms with Crippen LogP contribution in [0.1, 0.15) is 41.3 Å². The highest BCUT2D eigenvalue weighted by Crippen LogP contribution is 2.52. The fourth-order valence-corrected chi connectivity index (χ4v) is 5.94. The molecule has 3 aliphatic carbocycles. The molecule has 7 N–H and O–H groups in total. The molecule has 4 atom stereocenters. The molecule has 0 saturated carbocycles. The van der Waals surface area contributed by atoms with Crippen LogP contribution in [0.25, 0.3) is 0 Å². The van der Waals surface area contributed by atoms with Gasteiger partial charge in [-0.15, -0.1) is 0 Å². The van der Waals surface area contributed by atoms with Gasteiger partial charge in [-0.2, -0.15) is 0 Å². The van der Waals surface area contributed by atoms with Gasteiger partial charge in [-0.25, -0.2) is 0 Å². The molecule has 3 aliphatic rings. The summed E-state index contributed by atoms with van der Waals surface area (Å²) in [6.45, 7) is 1.89. The average molecular weight is 534 g/mol. The lowest BCUT2D eigenvalue weighted by Gasteiger charge is -2.45. The molecular formula is C25H28ClN3O8. The zero-order chi connectivity index (χ0) is 27.6. The third kappa shape index (κ3) is 3.89. The number of ketones is 2. The predicted octanol–water partition coefficient (Wildman–Crippen LogP) is 0.800. The molecule has 0 spiro atoms. The van der Waals surface area contributed by atoms with Gasteiger partial charge in [0.15, 0.2) is 11.4 Å². The Morgan fingerprint density at radius 2 is 1.92 bits per heavy atom. The Balaban J connectivity index is 1.78. The zero-order valence-electron chi connectivity index (χ0n) is 20.5. The largest absolute Gasteiger partial charge is 0.511 e. The number of phenolic OH excluding ortho intramolecular Hbond substituents is 1. The van der Waals surface area contributed by atoms with Crippen molar-refractivity contribution in [3.63, 3.8) is 0 Å². The molecule has 198 valence electrons. The molecule has 3 unspecified atom stereocenters. The van der Waals surface area contributed by atoms with Crippen LogP contribution in [0.15, 0.2) is 28.7 Å². The van der Waals surface area contributed by atoms with Crippen molar-refractivity contribution in [1.82, 2.24) is 10.2 Å². The summed E-state index contributed by atoms with van der Waals surface area (Å²) in [7, 11) is 3.23. The first-order valence-electron chi connectivity index (χ1n) is 11.7. The van der Waals surface area contributed by atoms with Gasteiger partial charge >= 0.3 is 0 Å². The van der Waals surface area contributed by atoms with E-state index in [9.17, 15) is 39.6 Å². The molecule has 12 heteroatoms. The van der Waals surface area contributed by atoms with E-state index in [-0.39, 0.29) is 47.9 Å². The number of likely N-dealkylation sites (N-methyl/N-ethyl adjacent to an activating group) is 2. The van der Waals surface area contributed by atoms with Crippen LogP contribution >= 0.6 is 11.6 Å². The molecule has 0 fully saturated rings. The minimum absolute atomic E-state index is 0.0117. The maximum atomic E-state index is 13.5. The quantitative estimate of drug-likeness (QED) is 0.297. The lowest BCUT2D eigenvalue weighted by Crippen LogP contribution is -2.57. The van der Waals surface area contributed by atoms with Crippen molar-refractivity contribution in [3.05, 3.63) is 50.4 Å². The Kier molecular flexibility index (Phi) is 6.60. The third-order valence-electron chi connectivity index (χ3n) is 7.78. The fraction of sp³-hybridized carbons (Fsp3) is 0.440. The van der Waals surface area contributed by atoms with E-state index in [4.69, 9.17) is 17.3 Å². The van der Waals surface area contributed by atoms with E-state index in [1.807, 2.05) is 0 Å². The smallest absolute Gasteiger partial charge is 0.255 e. The molecule has 2 amide bonds. The van der Waals surface area contributed by atoms with Gasteiger partial charge in [-0.1, -0.05) is 11.6 Å². The third-order valence-corrected chi connectivity index (χ3v) is 8.25. The van der Waals surface area contributed by atoms with Gasteiger partial charge < -0.3 is 31.5 Å². The molecule has 0 radical (unpaired) electrons. The summed E-state index contributed by atoms with van der Waals surface area (Å²) >= 11 is 6.69. The first-order chi connectivity index (χ1) is 17.2. The number of fused-ring (bicyclic) bond motifs is 3. The van der Waals surface area contributed by atoms with Crippen molar-refractivity contribution in [2.75, 3.05) is 14.1 Å². The van der Waals surface area contributed by atoms with Gasteiger partial charge in [0.05, 0.1) is 11.6 Å². The van der Waals surface area contributed by atoms with Gasteiger partial charge in [-0.3, -0.25) is 24.1 Å². The van der Waals surface area contributed by atoms with E-state index < -0.39 is 63.8 Å². The van der Waals surface area contributed by atoms with Crippen LogP contribution in [-0.2, 0) is 27.3 Å². The molecule has 4 rings (SSSR count). The van der Waals surface area contributed by atoms with E-state index in [2.05, 4.69) is 5.32 Å². The van der Waals surface area contributed by atoms with E-state index in [0.29, 0.717) is 11.1 Å². The molecular weight excluding hydrogens is 506 g/mol. The first-order valence-corrected chi connectivity index (χ1v) is 12.1. The number of Topliss-reactive ketones (excluding diaryl/α,β-unsaturated/α-hetero) is 2. The van der Waals surface area contributed by atoms with E-state index in [1.54, 1.807) is 18.9 Å². The second kappa shape index (κ2) is 9.16. The number of halogens is 1. The number of amides is 2. The number of carbonyl (C=O) groups is 4. The van der Waals surface area contributed by atoms with Gasteiger partial charge in [0.2, 0.25) is 11.7 Å². The number of hydrogen-bond donors (Lipinski definition) is 6. The molecule has 0 heterocycles. The van der Waals surface area contributed by atoms with Crippen molar-refractivity contribution in [1.29, 1.82) is 0 Å². The molecule has 0 aliphatic heterocycles. The Hall–Kier alpha value is -3.41. The number of primary amides is 1. The van der Waals surface area contributed by atoms with Gasteiger partial charge in [-0.05, 0) is 49.9 Å². The highest BCUT2D eigenvalue weighted by molar-refractivity contribution is 6.33. The van der Waals surface area contributed by atoms with Gasteiger partial charge in [0.1, 0.15) is 22.8 Å². The number of nitrogens with two attached hydrogens (primary N) is 1. The van der Waals surface area contributed by atoms with Crippen molar-refractivity contribution in [2.45, 2.75) is 44.4 Å². The Morgan fingerprint density at radius 3 is 2.51 bits per heavy atom. The van der Waals surface area contributed by atoms with Crippen molar-refractivity contribution in [3.8, 4) is 5.75 Å². The summed E-state index contributed by atoms with van der Waals surface area (Å²) in [6.07, 6.45) is -0.197. The minimum atomic E-state index is -2.62. The van der Waals surface area contributed by atoms with Crippen LogP contribution in [-0.4, -0.2) is 74.4 Å². The second-order valence-corrected chi connectivity index (χ2v) is 10.2. The minimum Gasteiger partial charge on any atom is -0.511 e. The number of rotatable bonds is 5. The number of nitrogens with zero attached hydrogens (tertiary/aromatic N) is 1. The van der Waals surface area contributed by atoms with Crippen molar-refractivity contribution < 1.29 is 39.6 Å². The highest BCUT2D eigenvalue weighted by atomic mass is 35.5. The molecule has 1 aromatic rings. The van der Waals surface area contributed by atoms with Crippen LogP contribution in [0.3, 0.4) is 0 Å². The SMILES string of the molecule is CNC(=O)[C@@H](C)N(C)Cc1cc(O)c2c(c1Cl)CC1CC3CC(O)=C(C(N)=O)C(=O)C3(O)C(O)=C1C2=O. The monoisotopic (exact) mass is 533 g/mol. The lowest BCUT2D eigenvalue weighted by atomic mass is 9.60. The number of carbonyl (C=O) groups excluding carboxylic acids is 4. The summed E-state index contributed by atoms with van der Waals surface area (Å²) in [6, 6.07) is 0.806. The van der Waals surface area contributed by atoms with Crippen LogP contribution in [0, 0.1) is 11.8 Å². The maximum Gasteiger partial charge on any atom is 0.255 e. The lowest BCUT2D eigenvalue weighted by molar-refractivity contribution is -0.144. The van der Waals surface area contributed by atoms with Crippen LogP contribution in [0.5, 0.6) is 5.75 Å². The molecule has 37 heavy (non-hydrogen) atoms. The fourth-order valence-electron chi connectivity index (χ4n) is 5.65. The zero-order valence-corrected chi connectivity index (χ0v) is 21.2. The summed E-state index contributed by atoms with van der Waals surface area (Å²) in [5, 5.41) is 46.2. The van der Waals surface area contributed by atoms with E-state index in [1.165, 1.54) is 13.1 Å². The molecule has 11 nitrogen and oxygen atoms in total. The van der Waals surface area contributed by atoms with E-state index >= 15 is 0 Å². The van der Waals surface area contributed by atoms with Crippen LogP contribution in [0.4, 0.5) is 0 Å². The average Bonchev–Trinajstić information content (AvgIpc) is 2.82. The van der Waals surface area contributed by atoms with E-state index in [0.717, 1.165) is 0 Å². The number of aromatic hydroxyl groups is 1. The van der Waals surface area contributed by atoms with Crippen molar-refractivity contribution >= 4 is 35.0 Å². The topological polar surface area (TPSA) is 190 Å². The summed E-state index contributed by atoms with van der Waals surface area (Å²) in [4.78, 5) is 52.0. The number of nitrogens with one attached hydrogen (secondary N) is 1. The molecule has 0 bridgehead atoms. The standard InChI is InChI=1S/C25H28ClN3O8/c1-9(24(36)28-2)29(3)8-11-6-14(30)17-13(19(11)26)5-10-4-12-7-15(31)18(23(27)35)22(34)25(12,37)21(33)16(10)20(17)32/h6,9-10,12,30-31,33,37H,4-5,7-8H2,1-3H3,(H2,27,35)(H,28,36)/t9-,10?,12?,25?/m1/s1. The summed E-state index contributed by atoms with van der Waals surface area (Å²) < 4.78 is 0. The van der Waals surface area contributed by atoms with Crippen LogP contribution < -0.4 is 11.1 Å². The van der Waals surface area contributed by atoms with Crippen molar-refractivity contribution in [2.24, 2.45) is 17.6 Å². The number of allylic oxidation sites excluding steroid dienone is 2. The number of aliphatic hydroxyl groups is 3. The predicted molar refractivity (Wildman–Crippen MR) is 131 cm³/mol. The molecule has 0 aromatic heterocycles. The summed E-state index contributed by atoms with van der Waals surface area (Å²) in [5.41, 5.74) is 2.17. The summed E-state index contributed by atoms with van der Waals surface area (Å²) in [5.74, 6) is -7.17. The van der Waals surface area contributed by atoms with Crippen LogP contribution in [0.2, 0.25) is 5.02 Å². The highest BCUT2D eigenvalue weighted by Gasteiger charge is 2.59. The first kappa shape index (κ1) is 26.6. The molecule has 0 saturated heterocycles. The Labute approximate surface area is 217 Å². The number of aliphatic hydroxyl groups excluding tert-OH is 2. The van der Waals surface area contributed by atoms with Gasteiger partial charge in [0, 0.05) is 36.5 Å². The van der Waals surface area contributed by atoms with Gasteiger partial charge in [0.25, 0.3) is 5.91 Å². The molecule has 1 aromatic carbocycles.